The van der Waals surface area contributed by atoms with Crippen molar-refractivity contribution in [1.82, 2.24) is 0 Å². The molecular formula is C11H12F8O2. The molecule has 0 aromatic heterocycles. The minimum absolute atomic E-state index is 0.0248. The van der Waals surface area contributed by atoms with Crippen LogP contribution in [0.2, 0.25) is 0 Å². The van der Waals surface area contributed by atoms with Gasteiger partial charge >= 0.3 is 12.4 Å². The van der Waals surface area contributed by atoms with E-state index in [2.05, 4.69) is 0 Å². The Balaban J connectivity index is 2.14. The van der Waals surface area contributed by atoms with Gasteiger partial charge < -0.3 is 9.84 Å². The van der Waals surface area contributed by atoms with Gasteiger partial charge in [0.25, 0.3) is 11.5 Å². The zero-order valence-corrected chi connectivity index (χ0v) is 10.4. The summed E-state index contributed by atoms with van der Waals surface area (Å²) in [6.45, 7) is 0. The summed E-state index contributed by atoms with van der Waals surface area (Å²) in [6, 6.07) is 0. The van der Waals surface area contributed by atoms with Gasteiger partial charge in [-0.25, -0.2) is 8.78 Å². The van der Waals surface area contributed by atoms with Gasteiger partial charge in [-0.05, 0) is 25.7 Å². The molecule has 0 aromatic rings. The maximum Gasteiger partial charge on any atom is 0.426 e. The lowest BCUT2D eigenvalue weighted by Gasteiger charge is -2.35. The summed E-state index contributed by atoms with van der Waals surface area (Å²) < 4.78 is 107. The summed E-state index contributed by atoms with van der Waals surface area (Å²) in [5, 5.41) is 8.95. The minimum atomic E-state index is -5.99. The third-order valence-electron chi connectivity index (χ3n) is 4.18. The van der Waals surface area contributed by atoms with E-state index in [1.165, 1.54) is 0 Å². The standard InChI is InChI=1S/C11H12F8O2/c12-9(13)5(6-1-2-7(9)21-6)3-4-8(20,10(14,15)16)11(17,18)19/h5-7,20H,1-4H2. The third-order valence-corrected chi connectivity index (χ3v) is 4.18. The van der Waals surface area contributed by atoms with Crippen LogP contribution in [0.5, 0.6) is 0 Å². The van der Waals surface area contributed by atoms with Gasteiger partial charge in [0, 0.05) is 0 Å². The summed E-state index contributed by atoms with van der Waals surface area (Å²) in [7, 11) is 0. The van der Waals surface area contributed by atoms with Crippen LogP contribution in [0.15, 0.2) is 0 Å². The molecule has 2 heterocycles. The molecule has 2 fully saturated rings. The van der Waals surface area contributed by atoms with E-state index in [1.54, 1.807) is 0 Å². The van der Waals surface area contributed by atoms with Gasteiger partial charge in [-0.2, -0.15) is 26.3 Å². The van der Waals surface area contributed by atoms with Crippen LogP contribution in [0.4, 0.5) is 35.1 Å². The monoisotopic (exact) mass is 328 g/mol. The van der Waals surface area contributed by atoms with E-state index < -0.39 is 54.8 Å². The highest BCUT2D eigenvalue weighted by Crippen LogP contribution is 2.53. The van der Waals surface area contributed by atoms with Crippen LogP contribution in [-0.4, -0.2) is 41.2 Å². The minimum Gasteiger partial charge on any atom is -0.374 e. The Morgan fingerprint density at radius 1 is 1.00 bits per heavy atom. The summed E-state index contributed by atoms with van der Waals surface area (Å²) in [5.41, 5.74) is -4.99. The van der Waals surface area contributed by atoms with Crippen LogP contribution in [0.3, 0.4) is 0 Å². The Morgan fingerprint density at radius 3 is 1.90 bits per heavy atom. The van der Waals surface area contributed by atoms with E-state index in [-0.39, 0.29) is 12.8 Å². The molecule has 2 bridgehead atoms. The van der Waals surface area contributed by atoms with Crippen LogP contribution >= 0.6 is 0 Å². The van der Waals surface area contributed by atoms with E-state index in [4.69, 9.17) is 9.84 Å². The molecule has 0 saturated carbocycles. The maximum absolute atomic E-state index is 13.7. The van der Waals surface area contributed by atoms with Crippen molar-refractivity contribution >= 4 is 0 Å². The molecule has 3 unspecified atom stereocenters. The molecule has 3 atom stereocenters. The van der Waals surface area contributed by atoms with Gasteiger partial charge in [-0.15, -0.1) is 0 Å². The van der Waals surface area contributed by atoms with Crippen LogP contribution in [0, 0.1) is 5.92 Å². The van der Waals surface area contributed by atoms with Gasteiger partial charge in [0.15, 0.2) is 0 Å². The van der Waals surface area contributed by atoms with Crippen molar-refractivity contribution in [3.05, 3.63) is 0 Å². The zero-order valence-electron chi connectivity index (χ0n) is 10.4. The number of fused-ring (bicyclic) bond motifs is 2. The number of ether oxygens (including phenoxy) is 1. The Labute approximate surface area is 114 Å². The van der Waals surface area contributed by atoms with Crippen molar-refractivity contribution in [3.63, 3.8) is 0 Å². The fourth-order valence-corrected chi connectivity index (χ4v) is 2.92. The molecule has 0 spiro atoms. The van der Waals surface area contributed by atoms with Crippen molar-refractivity contribution in [1.29, 1.82) is 0 Å². The SMILES string of the molecule is OC(CCC1C2CCC(O2)C1(F)F)(C(F)(F)F)C(F)(F)F. The molecule has 2 saturated heterocycles. The average molecular weight is 328 g/mol. The number of alkyl halides is 8. The topological polar surface area (TPSA) is 29.5 Å². The van der Waals surface area contributed by atoms with Crippen LogP contribution in [-0.2, 0) is 4.74 Å². The number of halogens is 8. The molecule has 2 aliphatic rings. The number of hydrogen-bond acceptors (Lipinski definition) is 2. The second kappa shape index (κ2) is 4.68. The van der Waals surface area contributed by atoms with E-state index >= 15 is 0 Å². The molecule has 21 heavy (non-hydrogen) atoms. The summed E-state index contributed by atoms with van der Waals surface area (Å²) in [5.74, 6) is -5.21. The van der Waals surface area contributed by atoms with Crippen molar-refractivity contribution in [2.24, 2.45) is 5.92 Å². The largest absolute Gasteiger partial charge is 0.426 e. The van der Waals surface area contributed by atoms with Gasteiger partial charge in [-0.1, -0.05) is 0 Å². The molecule has 1 N–H and O–H groups in total. The van der Waals surface area contributed by atoms with Crippen LogP contribution < -0.4 is 0 Å². The van der Waals surface area contributed by atoms with Gasteiger partial charge in [-0.3, -0.25) is 0 Å². The highest BCUT2D eigenvalue weighted by atomic mass is 19.4. The highest BCUT2D eigenvalue weighted by Gasteiger charge is 2.71. The first-order valence-electron chi connectivity index (χ1n) is 6.20. The Bertz CT molecular complexity index is 388. The van der Waals surface area contributed by atoms with E-state index in [1.807, 2.05) is 0 Å². The predicted octanol–water partition coefficient (Wildman–Crippen LogP) is 3.44. The number of rotatable bonds is 3. The summed E-state index contributed by atoms with van der Waals surface area (Å²) >= 11 is 0. The molecule has 2 nitrogen and oxygen atoms in total. The maximum atomic E-state index is 13.7. The molecule has 0 amide bonds. The third kappa shape index (κ3) is 2.49. The molecule has 0 aromatic carbocycles. The summed E-state index contributed by atoms with van der Waals surface area (Å²) in [6.07, 6.45) is -17.3. The highest BCUT2D eigenvalue weighted by molar-refractivity contribution is 5.04. The molecule has 2 rings (SSSR count). The molecular weight excluding hydrogens is 316 g/mol. The fraction of sp³-hybridized carbons (Fsp3) is 1.00. The molecule has 2 aliphatic heterocycles. The number of aliphatic hydroxyl groups is 1. The fourth-order valence-electron chi connectivity index (χ4n) is 2.92. The van der Waals surface area contributed by atoms with Gasteiger partial charge in [0.05, 0.1) is 12.0 Å². The van der Waals surface area contributed by atoms with E-state index in [0.717, 1.165) is 0 Å². The van der Waals surface area contributed by atoms with E-state index in [9.17, 15) is 35.1 Å². The van der Waals surface area contributed by atoms with Crippen molar-refractivity contribution in [2.75, 3.05) is 0 Å². The molecule has 0 radical (unpaired) electrons. The normalized spacial score (nSPS) is 32.7. The Kier molecular flexibility index (Phi) is 3.72. The lowest BCUT2D eigenvalue weighted by atomic mass is 9.80. The lowest BCUT2D eigenvalue weighted by Crippen LogP contribution is -2.57. The van der Waals surface area contributed by atoms with Crippen LogP contribution in [0.25, 0.3) is 0 Å². The average Bonchev–Trinajstić information content (AvgIpc) is 2.82. The lowest BCUT2D eigenvalue weighted by molar-refractivity contribution is -0.371. The smallest absolute Gasteiger partial charge is 0.374 e. The van der Waals surface area contributed by atoms with Crippen molar-refractivity contribution in [3.8, 4) is 0 Å². The first kappa shape index (κ1) is 16.7. The molecule has 0 aliphatic carbocycles. The zero-order chi connectivity index (χ0) is 16.3. The second-order valence-corrected chi connectivity index (χ2v) is 5.42. The Hall–Kier alpha value is -0.640. The first-order chi connectivity index (χ1) is 9.31. The van der Waals surface area contributed by atoms with Gasteiger partial charge in [0.1, 0.15) is 6.10 Å². The second-order valence-electron chi connectivity index (χ2n) is 5.42. The van der Waals surface area contributed by atoms with Crippen molar-refractivity contribution in [2.45, 2.75) is 61.8 Å². The van der Waals surface area contributed by atoms with Crippen molar-refractivity contribution < 1.29 is 45.0 Å². The first-order valence-corrected chi connectivity index (χ1v) is 6.20. The predicted molar refractivity (Wildman–Crippen MR) is 52.6 cm³/mol. The number of hydrogen-bond donors (Lipinski definition) is 1. The Morgan fingerprint density at radius 2 is 1.52 bits per heavy atom. The van der Waals surface area contributed by atoms with Crippen LogP contribution in [0.1, 0.15) is 25.7 Å². The quantitative estimate of drug-likeness (QED) is 0.805. The molecule has 124 valence electrons. The molecule has 10 heteroatoms. The van der Waals surface area contributed by atoms with Gasteiger partial charge in [0.2, 0.25) is 0 Å². The van der Waals surface area contributed by atoms with E-state index in [0.29, 0.717) is 0 Å². The summed E-state index contributed by atoms with van der Waals surface area (Å²) in [4.78, 5) is 0.